The van der Waals surface area contributed by atoms with Gasteiger partial charge in [0.25, 0.3) is 5.91 Å². The molecule has 4 aromatic rings. The van der Waals surface area contributed by atoms with E-state index in [4.69, 9.17) is 20.8 Å². The number of carbonyl (C=O) groups excluding carboxylic acids is 2. The van der Waals surface area contributed by atoms with Gasteiger partial charge < -0.3 is 19.4 Å². The highest BCUT2D eigenvalue weighted by molar-refractivity contribution is 6.31. The average molecular weight is 476 g/mol. The average Bonchev–Trinajstić information content (AvgIpc) is 3.37. The van der Waals surface area contributed by atoms with Gasteiger partial charge in [-0.25, -0.2) is 0 Å². The predicted octanol–water partition coefficient (Wildman–Crippen LogP) is 5.58. The second kappa shape index (κ2) is 8.28. The van der Waals surface area contributed by atoms with Crippen molar-refractivity contribution in [2.75, 3.05) is 12.0 Å². The summed E-state index contributed by atoms with van der Waals surface area (Å²) in [5.74, 6) is -1.60. The van der Waals surface area contributed by atoms with Crippen LogP contribution in [0.3, 0.4) is 0 Å². The normalized spacial score (nSPS) is 15.9. The van der Waals surface area contributed by atoms with Gasteiger partial charge in [0.05, 0.1) is 18.7 Å². The van der Waals surface area contributed by atoms with E-state index in [0.717, 1.165) is 0 Å². The Kier molecular flexibility index (Phi) is 5.26. The molecule has 0 spiro atoms. The zero-order valence-electron chi connectivity index (χ0n) is 17.9. The highest BCUT2D eigenvalue weighted by atomic mass is 35.5. The number of phenols is 1. The number of phenolic OH excluding ortho intramolecular Hbond substituents is 1. The van der Waals surface area contributed by atoms with E-state index in [0.29, 0.717) is 33.0 Å². The number of Topliss-reactive ketones (excluding diaryl/α,β-unsaturated/α-hetero) is 1. The highest BCUT2D eigenvalue weighted by Gasteiger charge is 2.45. The number of aromatic hydroxyl groups is 1. The van der Waals surface area contributed by atoms with Crippen molar-refractivity contribution < 1.29 is 29.0 Å². The number of benzene rings is 3. The topological polar surface area (TPSA) is 100 Å². The van der Waals surface area contributed by atoms with Crippen molar-refractivity contribution in [3.8, 4) is 11.5 Å². The molecular weight excluding hydrogens is 458 g/mol. The second-order valence-corrected chi connectivity index (χ2v) is 8.19. The van der Waals surface area contributed by atoms with Crippen molar-refractivity contribution in [3.05, 3.63) is 100 Å². The van der Waals surface area contributed by atoms with Gasteiger partial charge in [0.2, 0.25) is 5.78 Å². The van der Waals surface area contributed by atoms with Crippen LogP contribution in [-0.4, -0.2) is 29.0 Å². The highest BCUT2D eigenvalue weighted by Crippen LogP contribution is 2.43. The van der Waals surface area contributed by atoms with Crippen LogP contribution in [0.15, 0.2) is 88.5 Å². The molecule has 2 N–H and O–H groups in total. The van der Waals surface area contributed by atoms with Crippen LogP contribution in [0.1, 0.15) is 22.2 Å². The summed E-state index contributed by atoms with van der Waals surface area (Å²) in [5.41, 5.74) is 1.16. The van der Waals surface area contributed by atoms with E-state index in [1.165, 1.54) is 30.2 Å². The lowest BCUT2D eigenvalue weighted by molar-refractivity contribution is -0.117. The van der Waals surface area contributed by atoms with Crippen LogP contribution >= 0.6 is 11.6 Å². The summed E-state index contributed by atoms with van der Waals surface area (Å²) in [6.45, 7) is 0. The standard InChI is InChI=1S/C26H18ClNO6/c1-33-19-8-6-17(7-9-19)28-23(14-3-2-4-18(29)12-14)22(25(31)26(28)32)24(30)21-13-15-11-16(27)5-10-20(15)34-21/h2-13,23,29,31H,1H3. The van der Waals surface area contributed by atoms with Crippen molar-refractivity contribution in [1.82, 2.24) is 0 Å². The number of methoxy groups -OCH3 is 1. The van der Waals surface area contributed by atoms with E-state index in [2.05, 4.69) is 0 Å². The molecule has 2 heterocycles. The molecule has 1 atom stereocenters. The maximum Gasteiger partial charge on any atom is 0.294 e. The molecule has 0 saturated carbocycles. The summed E-state index contributed by atoms with van der Waals surface area (Å²) in [6.07, 6.45) is 0. The van der Waals surface area contributed by atoms with Crippen LogP contribution in [0.2, 0.25) is 5.02 Å². The lowest BCUT2D eigenvalue weighted by Crippen LogP contribution is -2.31. The maximum atomic E-state index is 13.6. The predicted molar refractivity (Wildman–Crippen MR) is 127 cm³/mol. The largest absolute Gasteiger partial charge is 0.508 e. The monoisotopic (exact) mass is 475 g/mol. The van der Waals surface area contributed by atoms with E-state index in [-0.39, 0.29) is 17.1 Å². The van der Waals surface area contributed by atoms with Crippen LogP contribution in [0.25, 0.3) is 11.0 Å². The molecule has 170 valence electrons. The number of aliphatic hydroxyl groups is 1. The Morgan fingerprint density at radius 1 is 1.03 bits per heavy atom. The fourth-order valence-electron chi connectivity index (χ4n) is 4.12. The summed E-state index contributed by atoms with van der Waals surface area (Å²) >= 11 is 6.04. The van der Waals surface area contributed by atoms with Gasteiger partial charge in [0, 0.05) is 16.1 Å². The third kappa shape index (κ3) is 3.56. The number of halogens is 1. The zero-order valence-corrected chi connectivity index (χ0v) is 18.6. The maximum absolute atomic E-state index is 13.6. The molecule has 1 aliphatic rings. The van der Waals surface area contributed by atoms with E-state index >= 15 is 0 Å². The fourth-order valence-corrected chi connectivity index (χ4v) is 4.30. The van der Waals surface area contributed by atoms with Crippen LogP contribution in [-0.2, 0) is 4.79 Å². The molecule has 1 unspecified atom stereocenters. The third-order valence-electron chi connectivity index (χ3n) is 5.69. The lowest BCUT2D eigenvalue weighted by Gasteiger charge is -2.27. The van der Waals surface area contributed by atoms with Crippen molar-refractivity contribution in [2.45, 2.75) is 6.04 Å². The second-order valence-electron chi connectivity index (χ2n) is 7.75. The fraction of sp³-hybridized carbons (Fsp3) is 0.0769. The summed E-state index contributed by atoms with van der Waals surface area (Å²) < 4.78 is 10.9. The van der Waals surface area contributed by atoms with Crippen LogP contribution in [0.4, 0.5) is 5.69 Å². The molecular formula is C26H18ClNO6. The number of carbonyl (C=O) groups is 2. The van der Waals surface area contributed by atoms with Gasteiger partial charge in [-0.1, -0.05) is 23.7 Å². The first-order chi connectivity index (χ1) is 16.4. The zero-order chi connectivity index (χ0) is 24.0. The van der Waals surface area contributed by atoms with E-state index in [9.17, 15) is 19.8 Å². The quantitative estimate of drug-likeness (QED) is 0.365. The Bertz CT molecular complexity index is 1470. The molecule has 34 heavy (non-hydrogen) atoms. The van der Waals surface area contributed by atoms with Crippen molar-refractivity contribution >= 4 is 39.9 Å². The number of hydrogen-bond acceptors (Lipinski definition) is 6. The van der Waals surface area contributed by atoms with Gasteiger partial charge in [-0.05, 0) is 66.2 Å². The number of fused-ring (bicyclic) bond motifs is 1. The van der Waals surface area contributed by atoms with Crippen LogP contribution in [0, 0.1) is 0 Å². The van der Waals surface area contributed by atoms with Gasteiger partial charge >= 0.3 is 0 Å². The number of amides is 1. The van der Waals surface area contributed by atoms with Gasteiger partial charge in [-0.15, -0.1) is 0 Å². The van der Waals surface area contributed by atoms with Crippen LogP contribution < -0.4 is 9.64 Å². The number of anilines is 1. The molecule has 8 heteroatoms. The molecule has 0 aliphatic carbocycles. The molecule has 7 nitrogen and oxygen atoms in total. The number of hydrogen-bond donors (Lipinski definition) is 2. The van der Waals surface area contributed by atoms with Crippen LogP contribution in [0.5, 0.6) is 11.5 Å². The Hall–Kier alpha value is -4.23. The Morgan fingerprint density at radius 3 is 2.50 bits per heavy atom. The van der Waals surface area contributed by atoms with E-state index < -0.39 is 23.5 Å². The number of aliphatic hydroxyl groups excluding tert-OH is 1. The molecule has 1 aromatic heterocycles. The molecule has 0 saturated heterocycles. The minimum atomic E-state index is -1.00. The smallest absolute Gasteiger partial charge is 0.294 e. The number of nitrogens with zero attached hydrogens (tertiary/aromatic N) is 1. The third-order valence-corrected chi connectivity index (χ3v) is 5.93. The first-order valence-corrected chi connectivity index (χ1v) is 10.7. The molecule has 1 aliphatic heterocycles. The molecule has 1 amide bonds. The summed E-state index contributed by atoms with van der Waals surface area (Å²) in [4.78, 5) is 28.1. The number of ether oxygens (including phenoxy) is 1. The SMILES string of the molecule is COc1ccc(N2C(=O)C(O)=C(C(=O)c3cc4cc(Cl)ccc4o3)C2c2cccc(O)c2)cc1. The lowest BCUT2D eigenvalue weighted by atomic mass is 9.94. The van der Waals surface area contributed by atoms with E-state index in [1.807, 2.05) is 0 Å². The first-order valence-electron chi connectivity index (χ1n) is 10.3. The minimum Gasteiger partial charge on any atom is -0.508 e. The summed E-state index contributed by atoms with van der Waals surface area (Å²) in [6, 6.07) is 18.3. The van der Waals surface area contributed by atoms with E-state index in [1.54, 1.807) is 54.6 Å². The van der Waals surface area contributed by atoms with Crippen molar-refractivity contribution in [1.29, 1.82) is 0 Å². The number of rotatable bonds is 5. The Balaban J connectivity index is 1.65. The molecule has 3 aromatic carbocycles. The molecule has 5 rings (SSSR count). The number of ketones is 1. The van der Waals surface area contributed by atoms with Gasteiger partial charge in [0.15, 0.2) is 11.5 Å². The molecule has 0 bridgehead atoms. The van der Waals surface area contributed by atoms with Crippen molar-refractivity contribution in [3.63, 3.8) is 0 Å². The summed E-state index contributed by atoms with van der Waals surface area (Å²) in [5, 5.41) is 22.0. The minimum absolute atomic E-state index is 0.0452. The van der Waals surface area contributed by atoms with Crippen molar-refractivity contribution in [2.24, 2.45) is 0 Å². The Labute approximate surface area is 199 Å². The summed E-state index contributed by atoms with van der Waals surface area (Å²) in [7, 11) is 1.52. The number of furan rings is 1. The first kappa shape index (κ1) is 21.6. The molecule has 0 radical (unpaired) electrons. The van der Waals surface area contributed by atoms with Gasteiger partial charge in [0.1, 0.15) is 17.1 Å². The van der Waals surface area contributed by atoms with Gasteiger partial charge in [-0.2, -0.15) is 0 Å². The molecule has 0 fully saturated rings. The Morgan fingerprint density at radius 2 is 1.79 bits per heavy atom. The van der Waals surface area contributed by atoms with Gasteiger partial charge in [-0.3, -0.25) is 14.5 Å².